The van der Waals surface area contributed by atoms with E-state index in [9.17, 15) is 0 Å². The predicted molar refractivity (Wildman–Crippen MR) is 75.9 cm³/mol. The molecule has 0 bridgehead atoms. The van der Waals surface area contributed by atoms with E-state index in [2.05, 4.69) is 17.0 Å². The summed E-state index contributed by atoms with van der Waals surface area (Å²) in [5, 5.41) is 12.1. The lowest BCUT2D eigenvalue weighted by molar-refractivity contribution is 0.0821. The van der Waals surface area contributed by atoms with E-state index in [0.717, 1.165) is 42.9 Å². The van der Waals surface area contributed by atoms with Crippen LogP contribution in [0.2, 0.25) is 0 Å². The smallest absolute Gasteiger partial charge is 0.172 e. The third kappa shape index (κ3) is 3.17. The van der Waals surface area contributed by atoms with Crippen molar-refractivity contribution in [1.82, 2.24) is 0 Å². The van der Waals surface area contributed by atoms with Crippen LogP contribution in [0.25, 0.3) is 0 Å². The molecular weight excluding hydrogens is 242 g/mol. The normalized spacial score (nSPS) is 21.3. The van der Waals surface area contributed by atoms with E-state index >= 15 is 0 Å². The number of rotatable bonds is 2. The Balaban J connectivity index is 2.37. The van der Waals surface area contributed by atoms with E-state index in [1.807, 2.05) is 25.1 Å². The largest absolute Gasteiger partial charge is 0.409 e. The maximum absolute atomic E-state index is 8.93. The molecule has 19 heavy (non-hydrogen) atoms. The molecule has 0 spiro atoms. The number of hydrogen-bond donors (Lipinski definition) is 2. The molecule has 2 rings (SSSR count). The minimum absolute atomic E-state index is 0.150. The summed E-state index contributed by atoms with van der Waals surface area (Å²) in [5.41, 5.74) is 8.65. The highest BCUT2D eigenvalue weighted by molar-refractivity contribution is 6.02. The van der Waals surface area contributed by atoms with Crippen LogP contribution < -0.4 is 10.6 Å². The average molecular weight is 263 g/mol. The third-order valence-electron chi connectivity index (χ3n) is 3.33. The first-order valence-corrected chi connectivity index (χ1v) is 6.57. The van der Waals surface area contributed by atoms with Crippen LogP contribution in [0.1, 0.15) is 24.5 Å². The van der Waals surface area contributed by atoms with Gasteiger partial charge in [0.15, 0.2) is 5.84 Å². The summed E-state index contributed by atoms with van der Waals surface area (Å²) in [6, 6.07) is 6.02. The lowest BCUT2D eigenvalue weighted by Crippen LogP contribution is -2.32. The molecule has 104 valence electrons. The summed E-state index contributed by atoms with van der Waals surface area (Å²) in [7, 11) is 0. The van der Waals surface area contributed by atoms with Gasteiger partial charge in [0.25, 0.3) is 0 Å². The molecule has 1 aliphatic rings. The van der Waals surface area contributed by atoms with Crippen molar-refractivity contribution in [3.63, 3.8) is 0 Å². The second kappa shape index (κ2) is 5.93. The molecule has 3 N–H and O–H groups in total. The van der Waals surface area contributed by atoms with Crippen LogP contribution in [0.5, 0.6) is 0 Å². The molecule has 1 unspecified atom stereocenters. The van der Waals surface area contributed by atoms with Crippen LogP contribution in [0.4, 0.5) is 5.69 Å². The van der Waals surface area contributed by atoms with Gasteiger partial charge < -0.3 is 20.6 Å². The number of anilines is 1. The maximum Gasteiger partial charge on any atom is 0.172 e. The molecule has 0 saturated carbocycles. The predicted octanol–water partition coefficient (Wildman–Crippen LogP) is 1.70. The van der Waals surface area contributed by atoms with E-state index < -0.39 is 0 Å². The Kier molecular flexibility index (Phi) is 4.27. The van der Waals surface area contributed by atoms with Crippen LogP contribution >= 0.6 is 0 Å². The van der Waals surface area contributed by atoms with Crippen LogP contribution in [0.3, 0.4) is 0 Å². The topological polar surface area (TPSA) is 71.1 Å². The van der Waals surface area contributed by atoms with Crippen molar-refractivity contribution >= 4 is 11.5 Å². The standard InChI is InChI=1S/C14H21N3O2/c1-10-4-5-13(12(8-10)14(15)16-18)17-6-3-7-19-11(2)9-17/h4-5,8,11,18H,3,6-7,9H2,1-2H3,(H2,15,16). The van der Waals surface area contributed by atoms with E-state index in [-0.39, 0.29) is 11.9 Å². The molecule has 0 radical (unpaired) electrons. The monoisotopic (exact) mass is 263 g/mol. The number of nitrogens with zero attached hydrogens (tertiary/aromatic N) is 2. The van der Waals surface area contributed by atoms with E-state index in [1.165, 1.54) is 0 Å². The highest BCUT2D eigenvalue weighted by atomic mass is 16.5. The maximum atomic E-state index is 8.93. The van der Waals surface area contributed by atoms with Crippen molar-refractivity contribution in [2.45, 2.75) is 26.4 Å². The Morgan fingerprint density at radius 3 is 3.05 bits per heavy atom. The van der Waals surface area contributed by atoms with Gasteiger partial charge in [0.2, 0.25) is 0 Å². The van der Waals surface area contributed by atoms with Gasteiger partial charge in [-0.25, -0.2) is 0 Å². The van der Waals surface area contributed by atoms with Crippen molar-refractivity contribution in [1.29, 1.82) is 0 Å². The fourth-order valence-electron chi connectivity index (χ4n) is 2.40. The SMILES string of the molecule is Cc1ccc(N2CCCOC(C)C2)c(/C(N)=N/O)c1. The Morgan fingerprint density at radius 2 is 2.32 bits per heavy atom. The second-order valence-electron chi connectivity index (χ2n) is 4.99. The van der Waals surface area contributed by atoms with Crippen molar-refractivity contribution in [3.8, 4) is 0 Å². The fourth-order valence-corrected chi connectivity index (χ4v) is 2.40. The Labute approximate surface area is 113 Å². The van der Waals surface area contributed by atoms with Gasteiger partial charge in [-0.1, -0.05) is 16.8 Å². The third-order valence-corrected chi connectivity index (χ3v) is 3.33. The summed E-state index contributed by atoms with van der Waals surface area (Å²) >= 11 is 0. The van der Waals surface area contributed by atoms with Crippen LogP contribution in [-0.4, -0.2) is 36.8 Å². The Morgan fingerprint density at radius 1 is 1.53 bits per heavy atom. The summed E-state index contributed by atoms with van der Waals surface area (Å²) in [6.07, 6.45) is 1.16. The zero-order valence-corrected chi connectivity index (χ0v) is 11.5. The first-order valence-electron chi connectivity index (χ1n) is 6.57. The first-order chi connectivity index (χ1) is 9.11. The number of ether oxygens (including phenoxy) is 1. The molecule has 0 amide bonds. The van der Waals surface area contributed by atoms with Crippen LogP contribution in [-0.2, 0) is 4.74 Å². The summed E-state index contributed by atoms with van der Waals surface area (Å²) < 4.78 is 5.65. The van der Waals surface area contributed by atoms with Crippen molar-refractivity contribution < 1.29 is 9.94 Å². The quantitative estimate of drug-likeness (QED) is 0.369. The molecule has 1 atom stereocenters. The number of oxime groups is 1. The molecule has 1 fully saturated rings. The molecule has 0 aromatic heterocycles. The number of benzene rings is 1. The molecule has 5 nitrogen and oxygen atoms in total. The highest BCUT2D eigenvalue weighted by Crippen LogP contribution is 2.24. The van der Waals surface area contributed by atoms with Crippen LogP contribution in [0.15, 0.2) is 23.4 Å². The first kappa shape index (κ1) is 13.7. The van der Waals surface area contributed by atoms with Crippen molar-refractivity contribution in [2.75, 3.05) is 24.6 Å². The summed E-state index contributed by atoms with van der Waals surface area (Å²) in [4.78, 5) is 2.24. The molecule has 1 aromatic carbocycles. The molecule has 1 aromatic rings. The van der Waals surface area contributed by atoms with E-state index in [4.69, 9.17) is 15.7 Å². The van der Waals surface area contributed by atoms with Gasteiger partial charge in [0.05, 0.1) is 6.10 Å². The molecule has 0 aliphatic carbocycles. The lowest BCUT2D eigenvalue weighted by Gasteiger charge is -2.26. The van der Waals surface area contributed by atoms with Crippen molar-refractivity contribution in [3.05, 3.63) is 29.3 Å². The molecule has 1 saturated heterocycles. The van der Waals surface area contributed by atoms with Crippen LogP contribution in [0, 0.1) is 6.92 Å². The number of amidine groups is 1. The van der Waals surface area contributed by atoms with Gasteiger partial charge in [-0.3, -0.25) is 0 Å². The zero-order valence-electron chi connectivity index (χ0n) is 11.5. The zero-order chi connectivity index (χ0) is 13.8. The fraction of sp³-hybridized carbons (Fsp3) is 0.500. The minimum atomic E-state index is 0.150. The molecule has 5 heteroatoms. The van der Waals surface area contributed by atoms with Gasteiger partial charge in [-0.15, -0.1) is 0 Å². The van der Waals surface area contributed by atoms with Gasteiger partial charge in [0.1, 0.15) is 0 Å². The van der Waals surface area contributed by atoms with Gasteiger partial charge in [-0.05, 0) is 32.4 Å². The van der Waals surface area contributed by atoms with E-state index in [1.54, 1.807) is 0 Å². The Hall–Kier alpha value is -1.75. The van der Waals surface area contributed by atoms with Gasteiger partial charge >= 0.3 is 0 Å². The number of hydrogen-bond acceptors (Lipinski definition) is 4. The van der Waals surface area contributed by atoms with E-state index in [0.29, 0.717) is 0 Å². The van der Waals surface area contributed by atoms with Crippen molar-refractivity contribution in [2.24, 2.45) is 10.9 Å². The lowest BCUT2D eigenvalue weighted by atomic mass is 10.1. The Bertz CT molecular complexity index is 474. The second-order valence-corrected chi connectivity index (χ2v) is 4.99. The highest BCUT2D eigenvalue weighted by Gasteiger charge is 2.19. The molecular formula is C14H21N3O2. The van der Waals surface area contributed by atoms with Gasteiger partial charge in [-0.2, -0.15) is 0 Å². The molecule has 1 aliphatic heterocycles. The van der Waals surface area contributed by atoms with Gasteiger partial charge in [0, 0.05) is 30.9 Å². The average Bonchev–Trinajstić information content (AvgIpc) is 2.62. The number of aryl methyl sites for hydroxylation is 1. The number of nitrogens with two attached hydrogens (primary N) is 1. The molecule has 1 heterocycles. The summed E-state index contributed by atoms with van der Waals surface area (Å²) in [6.45, 7) is 6.57. The minimum Gasteiger partial charge on any atom is -0.409 e. The summed E-state index contributed by atoms with van der Waals surface area (Å²) in [5.74, 6) is 0.150.